The topological polar surface area (TPSA) is 59.4 Å². The Hall–Kier alpha value is -1.89. The van der Waals surface area contributed by atoms with Gasteiger partial charge in [-0.25, -0.2) is 4.68 Å². The normalized spacial score (nSPS) is 15.4. The van der Waals surface area contributed by atoms with Crippen molar-refractivity contribution >= 4 is 17.5 Å². The van der Waals surface area contributed by atoms with E-state index in [4.69, 9.17) is 16.3 Å². The lowest BCUT2D eigenvalue weighted by molar-refractivity contribution is 0.0374. The Morgan fingerprint density at radius 2 is 2.04 bits per heavy atom. The molecule has 1 fully saturated rings. The first-order valence-corrected chi connectivity index (χ1v) is 8.51. The van der Waals surface area contributed by atoms with Gasteiger partial charge in [0.25, 0.3) is 5.91 Å². The summed E-state index contributed by atoms with van der Waals surface area (Å²) in [5.74, 6) is -0.164. The Bertz CT molecular complexity index is 683. The van der Waals surface area contributed by atoms with Crippen LogP contribution in [0.15, 0.2) is 36.5 Å². The van der Waals surface area contributed by atoms with Crippen LogP contribution in [-0.2, 0) is 4.74 Å². The summed E-state index contributed by atoms with van der Waals surface area (Å²) in [6.07, 6.45) is 2.65. The van der Waals surface area contributed by atoms with Crippen LogP contribution in [0.4, 0.5) is 0 Å². The maximum Gasteiger partial charge on any atom is 0.271 e. The summed E-state index contributed by atoms with van der Waals surface area (Å²) >= 11 is 6.15. The molecule has 128 valence electrons. The van der Waals surface area contributed by atoms with E-state index in [2.05, 4.69) is 15.3 Å². The van der Waals surface area contributed by atoms with E-state index in [0.29, 0.717) is 17.3 Å². The number of benzene rings is 1. The molecule has 1 aromatic carbocycles. The molecule has 1 N–H and O–H groups in total. The highest BCUT2D eigenvalue weighted by Crippen LogP contribution is 2.18. The summed E-state index contributed by atoms with van der Waals surface area (Å²) in [6.45, 7) is 5.14. The van der Waals surface area contributed by atoms with E-state index in [1.165, 1.54) is 0 Å². The zero-order valence-electron chi connectivity index (χ0n) is 13.4. The van der Waals surface area contributed by atoms with Gasteiger partial charge in [-0.15, -0.1) is 0 Å². The van der Waals surface area contributed by atoms with Gasteiger partial charge in [0.15, 0.2) is 5.69 Å². The molecule has 24 heavy (non-hydrogen) atoms. The van der Waals surface area contributed by atoms with Crippen molar-refractivity contribution in [2.75, 3.05) is 39.4 Å². The molecule has 3 rings (SSSR count). The SMILES string of the molecule is O=C(NCCCN1CCOCC1)c1ccn(-c2ccccc2Cl)n1. The first-order valence-electron chi connectivity index (χ1n) is 8.13. The van der Waals surface area contributed by atoms with Crippen molar-refractivity contribution in [1.82, 2.24) is 20.0 Å². The van der Waals surface area contributed by atoms with Crippen LogP contribution in [0.3, 0.4) is 0 Å². The Morgan fingerprint density at radius 1 is 1.25 bits per heavy atom. The van der Waals surface area contributed by atoms with Crippen molar-refractivity contribution < 1.29 is 9.53 Å². The highest BCUT2D eigenvalue weighted by atomic mass is 35.5. The fourth-order valence-corrected chi connectivity index (χ4v) is 2.86. The van der Waals surface area contributed by atoms with Gasteiger partial charge in [-0.05, 0) is 31.2 Å². The number of halogens is 1. The van der Waals surface area contributed by atoms with Gasteiger partial charge in [-0.2, -0.15) is 5.10 Å². The van der Waals surface area contributed by atoms with Gasteiger partial charge in [0.1, 0.15) is 0 Å². The molecular weight excluding hydrogens is 328 g/mol. The Kier molecular flexibility index (Phi) is 5.85. The van der Waals surface area contributed by atoms with Crippen LogP contribution >= 0.6 is 11.6 Å². The number of hydrogen-bond donors (Lipinski definition) is 1. The zero-order chi connectivity index (χ0) is 16.8. The third-order valence-electron chi connectivity index (χ3n) is 3.96. The van der Waals surface area contributed by atoms with E-state index in [1.807, 2.05) is 18.2 Å². The van der Waals surface area contributed by atoms with Gasteiger partial charge in [0.2, 0.25) is 0 Å². The van der Waals surface area contributed by atoms with Crippen LogP contribution in [-0.4, -0.2) is 60.0 Å². The average Bonchev–Trinajstić information content (AvgIpc) is 3.10. The van der Waals surface area contributed by atoms with E-state index >= 15 is 0 Å². The Morgan fingerprint density at radius 3 is 2.83 bits per heavy atom. The highest BCUT2D eigenvalue weighted by molar-refractivity contribution is 6.32. The summed E-state index contributed by atoms with van der Waals surface area (Å²) in [7, 11) is 0. The summed E-state index contributed by atoms with van der Waals surface area (Å²) in [5, 5.41) is 7.81. The van der Waals surface area contributed by atoms with E-state index in [-0.39, 0.29) is 5.91 Å². The molecule has 1 amide bonds. The van der Waals surface area contributed by atoms with Gasteiger partial charge < -0.3 is 10.1 Å². The molecule has 1 aliphatic heterocycles. The number of morpholine rings is 1. The molecule has 0 spiro atoms. The van der Waals surface area contributed by atoms with Gasteiger partial charge in [0.05, 0.1) is 23.9 Å². The Labute approximate surface area is 146 Å². The third-order valence-corrected chi connectivity index (χ3v) is 4.28. The van der Waals surface area contributed by atoms with Crippen LogP contribution < -0.4 is 5.32 Å². The molecular formula is C17H21ClN4O2. The highest BCUT2D eigenvalue weighted by Gasteiger charge is 2.12. The van der Waals surface area contributed by atoms with Crippen molar-refractivity contribution in [2.24, 2.45) is 0 Å². The van der Waals surface area contributed by atoms with Crippen LogP contribution in [0.1, 0.15) is 16.9 Å². The number of amides is 1. The molecule has 0 saturated carbocycles. The zero-order valence-corrected chi connectivity index (χ0v) is 14.2. The molecule has 1 aliphatic rings. The smallest absolute Gasteiger partial charge is 0.271 e. The van der Waals surface area contributed by atoms with Gasteiger partial charge >= 0.3 is 0 Å². The van der Waals surface area contributed by atoms with Crippen molar-refractivity contribution in [2.45, 2.75) is 6.42 Å². The quantitative estimate of drug-likeness (QED) is 0.811. The van der Waals surface area contributed by atoms with E-state index in [1.54, 1.807) is 23.0 Å². The lowest BCUT2D eigenvalue weighted by Gasteiger charge is -2.26. The average molecular weight is 349 g/mol. The first kappa shape index (κ1) is 17.0. The number of ether oxygens (including phenoxy) is 1. The third kappa shape index (κ3) is 4.35. The predicted octanol–water partition coefficient (Wildman–Crippen LogP) is 1.98. The maximum absolute atomic E-state index is 12.2. The number of carbonyl (C=O) groups is 1. The predicted molar refractivity (Wildman–Crippen MR) is 92.8 cm³/mol. The molecule has 7 heteroatoms. The number of nitrogens with one attached hydrogen (secondary N) is 1. The van der Waals surface area contributed by atoms with E-state index in [0.717, 1.165) is 45.0 Å². The van der Waals surface area contributed by atoms with Crippen molar-refractivity contribution in [3.05, 3.63) is 47.2 Å². The number of nitrogens with zero attached hydrogens (tertiary/aromatic N) is 3. The molecule has 0 radical (unpaired) electrons. The minimum Gasteiger partial charge on any atom is -0.379 e. The molecule has 2 aromatic rings. The molecule has 2 heterocycles. The van der Waals surface area contributed by atoms with Crippen molar-refractivity contribution in [3.8, 4) is 5.69 Å². The minimum atomic E-state index is -0.164. The first-order chi connectivity index (χ1) is 11.7. The summed E-state index contributed by atoms with van der Waals surface area (Å²) in [4.78, 5) is 14.5. The molecule has 0 bridgehead atoms. The lowest BCUT2D eigenvalue weighted by atomic mass is 10.3. The second-order valence-electron chi connectivity index (χ2n) is 5.66. The number of para-hydroxylation sites is 1. The molecule has 0 atom stereocenters. The second-order valence-corrected chi connectivity index (χ2v) is 6.07. The molecule has 1 aromatic heterocycles. The number of rotatable bonds is 6. The van der Waals surface area contributed by atoms with Gasteiger partial charge in [0, 0.05) is 25.8 Å². The summed E-state index contributed by atoms with van der Waals surface area (Å²) < 4.78 is 6.93. The van der Waals surface area contributed by atoms with E-state index < -0.39 is 0 Å². The summed E-state index contributed by atoms with van der Waals surface area (Å²) in [6, 6.07) is 9.09. The second kappa shape index (κ2) is 8.28. The Balaban J connectivity index is 1.48. The van der Waals surface area contributed by atoms with Crippen LogP contribution in [0.2, 0.25) is 5.02 Å². The largest absolute Gasteiger partial charge is 0.379 e. The van der Waals surface area contributed by atoms with Crippen molar-refractivity contribution in [3.63, 3.8) is 0 Å². The van der Waals surface area contributed by atoms with Gasteiger partial charge in [-0.1, -0.05) is 23.7 Å². The lowest BCUT2D eigenvalue weighted by Crippen LogP contribution is -2.38. The number of hydrogen-bond acceptors (Lipinski definition) is 4. The van der Waals surface area contributed by atoms with Gasteiger partial charge in [-0.3, -0.25) is 9.69 Å². The maximum atomic E-state index is 12.2. The molecule has 6 nitrogen and oxygen atoms in total. The number of carbonyl (C=O) groups excluding carboxylic acids is 1. The van der Waals surface area contributed by atoms with Crippen molar-refractivity contribution in [1.29, 1.82) is 0 Å². The fraction of sp³-hybridized carbons (Fsp3) is 0.412. The summed E-state index contributed by atoms with van der Waals surface area (Å²) in [5.41, 5.74) is 1.15. The van der Waals surface area contributed by atoms with E-state index in [9.17, 15) is 4.79 Å². The standard InChI is InChI=1S/C17H21ClN4O2/c18-14-4-1-2-5-16(14)22-9-6-15(20-22)17(23)19-7-3-8-21-10-12-24-13-11-21/h1-2,4-6,9H,3,7-8,10-13H2,(H,19,23). The fourth-order valence-electron chi connectivity index (χ4n) is 2.64. The molecule has 1 saturated heterocycles. The molecule has 0 unspecified atom stereocenters. The molecule has 0 aliphatic carbocycles. The van der Waals surface area contributed by atoms with Crippen LogP contribution in [0.25, 0.3) is 5.69 Å². The van der Waals surface area contributed by atoms with Crippen LogP contribution in [0, 0.1) is 0 Å². The number of aromatic nitrogens is 2. The minimum absolute atomic E-state index is 0.164. The monoisotopic (exact) mass is 348 g/mol. The van der Waals surface area contributed by atoms with Crippen LogP contribution in [0.5, 0.6) is 0 Å².